The normalized spacial score (nSPS) is 15.2. The Balaban J connectivity index is 1.36. The minimum Gasteiger partial charge on any atom is -0.348 e. The van der Waals surface area contributed by atoms with Gasteiger partial charge in [0.05, 0.1) is 6.54 Å². The van der Waals surface area contributed by atoms with Crippen LogP contribution in [-0.4, -0.2) is 34.5 Å². The zero-order valence-corrected chi connectivity index (χ0v) is 11.8. The summed E-state index contributed by atoms with van der Waals surface area (Å²) in [6.07, 6.45) is 6.03. The molecule has 2 N–H and O–H groups in total. The number of imidazole rings is 1. The summed E-state index contributed by atoms with van der Waals surface area (Å²) >= 11 is 0. The van der Waals surface area contributed by atoms with Crippen molar-refractivity contribution in [3.63, 3.8) is 0 Å². The molecular weight excluding hydrogens is 248 g/mol. The van der Waals surface area contributed by atoms with Gasteiger partial charge < -0.3 is 10.3 Å². The number of hydrogen-bond acceptors (Lipinski definition) is 3. The van der Waals surface area contributed by atoms with Crippen LogP contribution in [0.1, 0.15) is 23.4 Å². The summed E-state index contributed by atoms with van der Waals surface area (Å²) < 4.78 is 0. The second-order valence-electron chi connectivity index (χ2n) is 5.36. The highest BCUT2D eigenvalue weighted by Crippen LogP contribution is 2.18. The Bertz CT molecular complexity index is 521. The van der Waals surface area contributed by atoms with E-state index in [-0.39, 0.29) is 0 Å². The molecule has 0 amide bonds. The van der Waals surface area contributed by atoms with Crippen LogP contribution in [0.5, 0.6) is 0 Å². The fraction of sp³-hybridized carbons (Fsp3) is 0.438. The lowest BCUT2D eigenvalue weighted by Crippen LogP contribution is -2.32. The van der Waals surface area contributed by atoms with E-state index in [1.807, 2.05) is 6.20 Å². The van der Waals surface area contributed by atoms with Crippen LogP contribution in [0.2, 0.25) is 0 Å². The van der Waals surface area contributed by atoms with E-state index in [9.17, 15) is 0 Å². The van der Waals surface area contributed by atoms with Crippen molar-refractivity contribution in [2.24, 2.45) is 0 Å². The van der Waals surface area contributed by atoms with Gasteiger partial charge in [0.1, 0.15) is 5.82 Å². The van der Waals surface area contributed by atoms with E-state index in [2.05, 4.69) is 44.5 Å². The first-order chi connectivity index (χ1) is 9.92. The zero-order valence-electron chi connectivity index (χ0n) is 11.8. The van der Waals surface area contributed by atoms with Gasteiger partial charge in [-0.1, -0.05) is 24.3 Å². The molecule has 4 heteroatoms. The highest BCUT2D eigenvalue weighted by atomic mass is 15.1. The van der Waals surface area contributed by atoms with E-state index in [0.29, 0.717) is 0 Å². The topological polar surface area (TPSA) is 44.0 Å². The lowest BCUT2D eigenvalue weighted by atomic mass is 10.00. The van der Waals surface area contributed by atoms with Crippen molar-refractivity contribution in [3.8, 4) is 0 Å². The average molecular weight is 270 g/mol. The molecule has 4 nitrogen and oxygen atoms in total. The third-order valence-electron chi connectivity index (χ3n) is 3.88. The molecular formula is C16H22N4. The van der Waals surface area contributed by atoms with Gasteiger partial charge in [-0.25, -0.2) is 4.98 Å². The maximum Gasteiger partial charge on any atom is 0.120 e. The number of H-pyrrole nitrogens is 1. The van der Waals surface area contributed by atoms with Gasteiger partial charge in [-0.3, -0.25) is 4.90 Å². The van der Waals surface area contributed by atoms with Crippen LogP contribution in [0.4, 0.5) is 0 Å². The number of nitrogens with zero attached hydrogens (tertiary/aromatic N) is 2. The first kappa shape index (κ1) is 13.3. The summed E-state index contributed by atoms with van der Waals surface area (Å²) in [5.41, 5.74) is 3.03. The molecule has 20 heavy (non-hydrogen) atoms. The van der Waals surface area contributed by atoms with E-state index >= 15 is 0 Å². The van der Waals surface area contributed by atoms with Crippen LogP contribution in [0.15, 0.2) is 36.7 Å². The largest absolute Gasteiger partial charge is 0.348 e. The molecule has 0 radical (unpaired) electrons. The van der Waals surface area contributed by atoms with Crippen molar-refractivity contribution in [3.05, 3.63) is 53.6 Å². The molecule has 0 aliphatic carbocycles. The number of benzene rings is 1. The summed E-state index contributed by atoms with van der Waals surface area (Å²) in [5.74, 6) is 1.01. The van der Waals surface area contributed by atoms with E-state index < -0.39 is 0 Å². The van der Waals surface area contributed by atoms with Gasteiger partial charge >= 0.3 is 0 Å². The zero-order chi connectivity index (χ0) is 13.6. The van der Waals surface area contributed by atoms with Crippen molar-refractivity contribution < 1.29 is 0 Å². The third-order valence-corrected chi connectivity index (χ3v) is 3.88. The second-order valence-corrected chi connectivity index (χ2v) is 5.36. The molecule has 1 aliphatic rings. The Labute approximate surface area is 120 Å². The Kier molecular flexibility index (Phi) is 4.46. The Morgan fingerprint density at radius 2 is 2.15 bits per heavy atom. The average Bonchev–Trinajstić information content (AvgIpc) is 3.00. The summed E-state index contributed by atoms with van der Waals surface area (Å²) in [5, 5.41) is 3.43. The Morgan fingerprint density at radius 1 is 1.25 bits per heavy atom. The van der Waals surface area contributed by atoms with Gasteiger partial charge in [-0.05, 0) is 37.1 Å². The molecule has 1 aromatic carbocycles. The minimum absolute atomic E-state index is 0.829. The van der Waals surface area contributed by atoms with E-state index in [0.717, 1.165) is 25.5 Å². The quantitative estimate of drug-likeness (QED) is 0.789. The van der Waals surface area contributed by atoms with Gasteiger partial charge in [-0.15, -0.1) is 0 Å². The number of fused-ring (bicyclic) bond motifs is 1. The SMILES string of the molecule is c1ccc2c(c1)CCN(CCCNCc1ncc[nH]1)C2. The number of nitrogens with one attached hydrogen (secondary N) is 2. The molecule has 1 aromatic heterocycles. The highest BCUT2D eigenvalue weighted by Gasteiger charge is 2.14. The number of aromatic amines is 1. The van der Waals surface area contributed by atoms with E-state index in [4.69, 9.17) is 0 Å². The van der Waals surface area contributed by atoms with Crippen LogP contribution in [0.3, 0.4) is 0 Å². The Hall–Kier alpha value is -1.65. The first-order valence-corrected chi connectivity index (χ1v) is 7.40. The molecule has 2 heterocycles. The predicted octanol–water partition coefficient (Wildman–Crippen LogP) is 1.95. The van der Waals surface area contributed by atoms with Crippen molar-refractivity contribution in [2.45, 2.75) is 25.9 Å². The highest BCUT2D eigenvalue weighted by molar-refractivity contribution is 5.28. The second kappa shape index (κ2) is 6.68. The number of aromatic nitrogens is 2. The van der Waals surface area contributed by atoms with Crippen LogP contribution in [-0.2, 0) is 19.5 Å². The van der Waals surface area contributed by atoms with Crippen molar-refractivity contribution >= 4 is 0 Å². The molecule has 1 aliphatic heterocycles. The summed E-state index contributed by atoms with van der Waals surface area (Å²) in [7, 11) is 0. The maximum atomic E-state index is 4.20. The third kappa shape index (κ3) is 3.46. The molecule has 0 bridgehead atoms. The van der Waals surface area contributed by atoms with Crippen LogP contribution >= 0.6 is 0 Å². The summed E-state index contributed by atoms with van der Waals surface area (Å²) in [6, 6.07) is 8.81. The lowest BCUT2D eigenvalue weighted by molar-refractivity contribution is 0.250. The van der Waals surface area contributed by atoms with E-state index in [1.54, 1.807) is 6.20 Å². The molecule has 0 saturated carbocycles. The molecule has 0 saturated heterocycles. The monoisotopic (exact) mass is 270 g/mol. The molecule has 0 fully saturated rings. The van der Waals surface area contributed by atoms with Crippen LogP contribution < -0.4 is 5.32 Å². The molecule has 0 spiro atoms. The first-order valence-electron chi connectivity index (χ1n) is 7.40. The van der Waals surface area contributed by atoms with Crippen LogP contribution in [0.25, 0.3) is 0 Å². The van der Waals surface area contributed by atoms with Crippen molar-refractivity contribution in [2.75, 3.05) is 19.6 Å². The van der Waals surface area contributed by atoms with Gasteiger partial charge in [0.2, 0.25) is 0 Å². The fourth-order valence-corrected chi connectivity index (χ4v) is 2.77. The molecule has 2 aromatic rings. The van der Waals surface area contributed by atoms with Crippen LogP contribution in [0, 0.1) is 0 Å². The summed E-state index contributed by atoms with van der Waals surface area (Å²) in [6.45, 7) is 5.33. The summed E-state index contributed by atoms with van der Waals surface area (Å²) in [4.78, 5) is 9.86. The molecule has 0 atom stereocenters. The number of hydrogen-bond donors (Lipinski definition) is 2. The standard InChI is InChI=1S/C16H22N4/c1-2-5-15-13-20(11-6-14(15)4-1)10-3-7-17-12-16-18-8-9-19-16/h1-2,4-5,8-9,17H,3,6-7,10-13H2,(H,18,19). The lowest BCUT2D eigenvalue weighted by Gasteiger charge is -2.28. The molecule has 3 rings (SSSR count). The predicted molar refractivity (Wildman–Crippen MR) is 80.3 cm³/mol. The minimum atomic E-state index is 0.829. The maximum absolute atomic E-state index is 4.20. The van der Waals surface area contributed by atoms with Crippen molar-refractivity contribution in [1.29, 1.82) is 0 Å². The van der Waals surface area contributed by atoms with Gasteiger partial charge in [0.15, 0.2) is 0 Å². The van der Waals surface area contributed by atoms with Gasteiger partial charge in [0.25, 0.3) is 0 Å². The molecule has 0 unspecified atom stereocenters. The van der Waals surface area contributed by atoms with Gasteiger partial charge in [0, 0.05) is 25.5 Å². The molecule has 106 valence electrons. The number of rotatable bonds is 6. The van der Waals surface area contributed by atoms with Gasteiger partial charge in [-0.2, -0.15) is 0 Å². The van der Waals surface area contributed by atoms with Crippen molar-refractivity contribution in [1.82, 2.24) is 20.2 Å². The van der Waals surface area contributed by atoms with E-state index in [1.165, 1.54) is 37.1 Å². The fourth-order valence-electron chi connectivity index (χ4n) is 2.77. The Morgan fingerprint density at radius 3 is 3.00 bits per heavy atom. The smallest absolute Gasteiger partial charge is 0.120 e.